The van der Waals surface area contributed by atoms with E-state index in [9.17, 15) is 4.39 Å². The number of thiocarbonyl (C=S) groups is 1. The van der Waals surface area contributed by atoms with Gasteiger partial charge in [-0.3, -0.25) is 0 Å². The van der Waals surface area contributed by atoms with Gasteiger partial charge in [-0.25, -0.2) is 4.39 Å². The van der Waals surface area contributed by atoms with Crippen LogP contribution in [0.15, 0.2) is 18.2 Å². The fourth-order valence-corrected chi connectivity index (χ4v) is 1.69. The van der Waals surface area contributed by atoms with E-state index in [1.54, 1.807) is 12.1 Å². The molecule has 0 heterocycles. The average molecular weight is 239 g/mol. The van der Waals surface area contributed by atoms with E-state index in [2.05, 4.69) is 0 Å². The molecule has 0 spiro atoms. The van der Waals surface area contributed by atoms with Crippen molar-refractivity contribution in [3.8, 4) is 0 Å². The predicted octanol–water partition coefficient (Wildman–Crippen LogP) is 2.53. The summed E-state index contributed by atoms with van der Waals surface area (Å²) in [4.78, 5) is 0.213. The van der Waals surface area contributed by atoms with Gasteiger partial charge in [-0.15, -0.1) is 0 Å². The highest BCUT2D eigenvalue weighted by molar-refractivity contribution is 7.80. The number of rotatable bonds is 4. The van der Waals surface area contributed by atoms with E-state index in [4.69, 9.17) is 22.7 Å². The molecule has 0 amide bonds. The van der Waals surface area contributed by atoms with Crippen LogP contribution in [0.4, 0.5) is 4.39 Å². The normalized spacial score (nSPS) is 15.8. The number of halogens is 1. The van der Waals surface area contributed by atoms with E-state index >= 15 is 0 Å². The lowest BCUT2D eigenvalue weighted by molar-refractivity contribution is -0.00975. The maximum Gasteiger partial charge on any atom is 0.129 e. The standard InChI is InChI=1S/C12H14FNOS/c13-11-6-8(12(14)16)4-5-9(11)7-15-10-2-1-3-10/h4-6,10H,1-3,7H2,(H2,14,16). The molecule has 2 N–H and O–H groups in total. The van der Waals surface area contributed by atoms with Gasteiger partial charge < -0.3 is 10.5 Å². The molecule has 0 atom stereocenters. The van der Waals surface area contributed by atoms with Crippen LogP contribution in [0.5, 0.6) is 0 Å². The molecule has 0 unspecified atom stereocenters. The van der Waals surface area contributed by atoms with Gasteiger partial charge in [-0.1, -0.05) is 24.4 Å². The molecule has 2 nitrogen and oxygen atoms in total. The van der Waals surface area contributed by atoms with E-state index < -0.39 is 0 Å². The first-order chi connectivity index (χ1) is 7.66. The van der Waals surface area contributed by atoms with Crippen molar-refractivity contribution in [2.24, 2.45) is 5.73 Å². The fraction of sp³-hybridized carbons (Fsp3) is 0.417. The largest absolute Gasteiger partial charge is 0.389 e. The fourth-order valence-electron chi connectivity index (χ4n) is 1.56. The monoisotopic (exact) mass is 239 g/mol. The Morgan fingerprint density at radius 3 is 2.75 bits per heavy atom. The van der Waals surface area contributed by atoms with Crippen molar-refractivity contribution in [2.45, 2.75) is 32.0 Å². The van der Waals surface area contributed by atoms with Crippen molar-refractivity contribution in [3.63, 3.8) is 0 Å². The smallest absolute Gasteiger partial charge is 0.129 e. The van der Waals surface area contributed by atoms with Gasteiger partial charge in [0.05, 0.1) is 12.7 Å². The van der Waals surface area contributed by atoms with Gasteiger partial charge in [-0.2, -0.15) is 0 Å². The summed E-state index contributed by atoms with van der Waals surface area (Å²) in [7, 11) is 0. The zero-order valence-electron chi connectivity index (χ0n) is 8.91. The summed E-state index contributed by atoms with van der Waals surface area (Å²) in [5, 5.41) is 0. The second-order valence-corrected chi connectivity index (χ2v) is 4.47. The Morgan fingerprint density at radius 2 is 2.25 bits per heavy atom. The lowest BCUT2D eigenvalue weighted by atomic mass is 9.96. The molecule has 0 saturated heterocycles. The van der Waals surface area contributed by atoms with Gasteiger partial charge in [0, 0.05) is 11.1 Å². The number of nitrogens with two attached hydrogens (primary N) is 1. The van der Waals surface area contributed by atoms with E-state index in [1.165, 1.54) is 12.5 Å². The zero-order chi connectivity index (χ0) is 11.5. The Balaban J connectivity index is 2.00. The minimum absolute atomic E-state index is 0.213. The number of hydrogen-bond donors (Lipinski definition) is 1. The van der Waals surface area contributed by atoms with Gasteiger partial charge >= 0.3 is 0 Å². The quantitative estimate of drug-likeness (QED) is 0.820. The molecule has 16 heavy (non-hydrogen) atoms. The third-order valence-corrected chi connectivity index (χ3v) is 3.10. The van der Waals surface area contributed by atoms with Gasteiger partial charge in [0.15, 0.2) is 0 Å². The summed E-state index contributed by atoms with van der Waals surface area (Å²) in [6, 6.07) is 4.77. The van der Waals surface area contributed by atoms with Crippen molar-refractivity contribution in [1.82, 2.24) is 0 Å². The number of ether oxygens (including phenoxy) is 1. The van der Waals surface area contributed by atoms with Crippen molar-refractivity contribution >= 4 is 17.2 Å². The topological polar surface area (TPSA) is 35.2 Å². The highest BCUT2D eigenvalue weighted by atomic mass is 32.1. The van der Waals surface area contributed by atoms with E-state index in [-0.39, 0.29) is 10.8 Å². The van der Waals surface area contributed by atoms with E-state index in [0.717, 1.165) is 12.8 Å². The number of benzene rings is 1. The van der Waals surface area contributed by atoms with Crippen molar-refractivity contribution in [1.29, 1.82) is 0 Å². The summed E-state index contributed by atoms with van der Waals surface area (Å²) >= 11 is 4.78. The first kappa shape index (κ1) is 11.5. The van der Waals surface area contributed by atoms with Crippen LogP contribution < -0.4 is 5.73 Å². The summed E-state index contributed by atoms with van der Waals surface area (Å²) in [5.41, 5.74) is 6.54. The van der Waals surface area contributed by atoms with Crippen molar-refractivity contribution < 1.29 is 9.13 Å². The third-order valence-electron chi connectivity index (χ3n) is 2.86. The van der Waals surface area contributed by atoms with Gasteiger partial charge in [0.25, 0.3) is 0 Å². The molecule has 1 aliphatic rings. The summed E-state index contributed by atoms with van der Waals surface area (Å²) in [6.07, 6.45) is 3.71. The summed E-state index contributed by atoms with van der Waals surface area (Å²) in [5.74, 6) is -0.301. The Kier molecular flexibility index (Phi) is 3.51. The molecular weight excluding hydrogens is 225 g/mol. The minimum Gasteiger partial charge on any atom is -0.389 e. The van der Waals surface area contributed by atoms with Crippen molar-refractivity contribution in [3.05, 3.63) is 35.1 Å². The molecule has 0 radical (unpaired) electrons. The summed E-state index contributed by atoms with van der Waals surface area (Å²) in [6.45, 7) is 0.327. The number of hydrogen-bond acceptors (Lipinski definition) is 2. The minimum atomic E-state index is -0.301. The van der Waals surface area contributed by atoms with Gasteiger partial charge in [0.2, 0.25) is 0 Å². The van der Waals surface area contributed by atoms with Crippen LogP contribution in [0.3, 0.4) is 0 Å². The molecule has 1 saturated carbocycles. The first-order valence-corrected chi connectivity index (χ1v) is 5.77. The first-order valence-electron chi connectivity index (χ1n) is 5.36. The molecular formula is C12H14FNOS. The Morgan fingerprint density at radius 1 is 1.50 bits per heavy atom. The van der Waals surface area contributed by atoms with Crippen molar-refractivity contribution in [2.75, 3.05) is 0 Å². The molecule has 2 rings (SSSR count). The predicted molar refractivity (Wildman–Crippen MR) is 64.7 cm³/mol. The third kappa shape index (κ3) is 2.57. The molecule has 4 heteroatoms. The molecule has 1 aliphatic carbocycles. The highest BCUT2D eigenvalue weighted by Gasteiger charge is 2.18. The average Bonchev–Trinajstić information content (AvgIpc) is 2.17. The van der Waals surface area contributed by atoms with E-state index in [1.807, 2.05) is 0 Å². The van der Waals surface area contributed by atoms with Gasteiger partial charge in [0.1, 0.15) is 10.8 Å². The van der Waals surface area contributed by atoms with Crippen LogP contribution in [0.1, 0.15) is 30.4 Å². The molecule has 0 bridgehead atoms. The summed E-state index contributed by atoms with van der Waals surface area (Å²) < 4.78 is 19.1. The zero-order valence-corrected chi connectivity index (χ0v) is 9.73. The second-order valence-electron chi connectivity index (χ2n) is 4.03. The Bertz CT molecular complexity index is 404. The second kappa shape index (κ2) is 4.89. The maximum absolute atomic E-state index is 13.6. The lowest BCUT2D eigenvalue weighted by Gasteiger charge is -2.25. The van der Waals surface area contributed by atoms with Crippen LogP contribution in [-0.4, -0.2) is 11.1 Å². The molecule has 0 aromatic heterocycles. The maximum atomic E-state index is 13.6. The lowest BCUT2D eigenvalue weighted by Crippen LogP contribution is -2.21. The Labute approximate surface area is 99.6 Å². The molecule has 1 aromatic rings. The van der Waals surface area contributed by atoms with Crippen LogP contribution in [0.2, 0.25) is 0 Å². The van der Waals surface area contributed by atoms with Crippen LogP contribution >= 0.6 is 12.2 Å². The van der Waals surface area contributed by atoms with Crippen LogP contribution in [0.25, 0.3) is 0 Å². The van der Waals surface area contributed by atoms with Gasteiger partial charge in [-0.05, 0) is 25.3 Å². The molecule has 86 valence electrons. The molecule has 1 fully saturated rings. The van der Waals surface area contributed by atoms with Crippen LogP contribution in [0, 0.1) is 5.82 Å². The van der Waals surface area contributed by atoms with E-state index in [0.29, 0.717) is 23.8 Å². The SMILES string of the molecule is NC(=S)c1ccc(COC2CCC2)c(F)c1. The molecule has 0 aliphatic heterocycles. The van der Waals surface area contributed by atoms with Crippen LogP contribution in [-0.2, 0) is 11.3 Å². The highest BCUT2D eigenvalue weighted by Crippen LogP contribution is 2.23. The molecule has 1 aromatic carbocycles. The Hall–Kier alpha value is -1.00.